The minimum absolute atomic E-state index is 0.657. The van der Waals surface area contributed by atoms with E-state index >= 15 is 0 Å². The van der Waals surface area contributed by atoms with Gasteiger partial charge in [-0.3, -0.25) is 0 Å². The monoisotopic (exact) mass is 386 g/mol. The van der Waals surface area contributed by atoms with Gasteiger partial charge < -0.3 is 14.4 Å². The predicted octanol–water partition coefficient (Wildman–Crippen LogP) is 3.82. The van der Waals surface area contributed by atoms with Crippen LogP contribution in [-0.4, -0.2) is 41.9 Å². The van der Waals surface area contributed by atoms with Gasteiger partial charge in [-0.1, -0.05) is 12.1 Å². The van der Waals surface area contributed by atoms with Crippen LogP contribution in [-0.2, 0) is 6.42 Å². The van der Waals surface area contributed by atoms with E-state index in [1.54, 1.807) is 7.11 Å². The number of benzene rings is 2. The van der Waals surface area contributed by atoms with Crippen molar-refractivity contribution in [2.75, 3.05) is 32.2 Å². The zero-order valence-corrected chi connectivity index (χ0v) is 16.5. The third-order valence-electron chi connectivity index (χ3n) is 5.27. The first-order valence-corrected chi connectivity index (χ1v) is 9.67. The molecule has 6 nitrogen and oxygen atoms in total. The van der Waals surface area contributed by atoms with Gasteiger partial charge in [0.2, 0.25) is 0 Å². The van der Waals surface area contributed by atoms with Crippen molar-refractivity contribution in [1.29, 1.82) is 0 Å². The summed E-state index contributed by atoms with van der Waals surface area (Å²) in [6.07, 6.45) is 0.657. The molecule has 2 aromatic carbocycles. The lowest BCUT2D eigenvalue weighted by Crippen LogP contribution is -2.28. The molecule has 0 unspecified atom stereocenters. The van der Waals surface area contributed by atoms with Crippen LogP contribution in [0.15, 0.2) is 60.7 Å². The molecule has 3 heterocycles. The Morgan fingerprint density at radius 1 is 1.07 bits per heavy atom. The fourth-order valence-electron chi connectivity index (χ4n) is 3.70. The minimum Gasteiger partial charge on any atom is -0.497 e. The fraction of sp³-hybridized carbons (Fsp3) is 0.217. The Kier molecular flexibility index (Phi) is 4.31. The summed E-state index contributed by atoms with van der Waals surface area (Å²) in [5.74, 6) is 2.55. The van der Waals surface area contributed by atoms with E-state index in [-0.39, 0.29) is 0 Å². The van der Waals surface area contributed by atoms with E-state index in [9.17, 15) is 0 Å². The summed E-state index contributed by atoms with van der Waals surface area (Å²) in [4.78, 5) is 6.95. The Labute approximate surface area is 169 Å². The maximum atomic E-state index is 5.83. The molecule has 29 heavy (non-hydrogen) atoms. The van der Waals surface area contributed by atoms with Gasteiger partial charge in [-0.2, -0.15) is 5.10 Å². The van der Waals surface area contributed by atoms with Gasteiger partial charge in [0.05, 0.1) is 25.0 Å². The summed E-state index contributed by atoms with van der Waals surface area (Å²) >= 11 is 0. The second kappa shape index (κ2) is 7.13. The van der Waals surface area contributed by atoms with Crippen molar-refractivity contribution < 1.29 is 9.47 Å². The molecular formula is C23H22N4O2. The summed E-state index contributed by atoms with van der Waals surface area (Å²) in [5.41, 5.74) is 5.17. The van der Waals surface area contributed by atoms with Crippen LogP contribution in [0.3, 0.4) is 0 Å². The van der Waals surface area contributed by atoms with E-state index in [0.29, 0.717) is 13.0 Å². The van der Waals surface area contributed by atoms with Crippen molar-refractivity contribution in [2.24, 2.45) is 0 Å². The average Bonchev–Trinajstić information content (AvgIpc) is 3.16. The van der Waals surface area contributed by atoms with Crippen molar-refractivity contribution in [3.63, 3.8) is 0 Å². The first-order valence-electron chi connectivity index (χ1n) is 9.67. The molecule has 2 aromatic heterocycles. The van der Waals surface area contributed by atoms with Gasteiger partial charge >= 0.3 is 0 Å². The third-order valence-corrected chi connectivity index (χ3v) is 5.27. The van der Waals surface area contributed by atoms with E-state index in [4.69, 9.17) is 19.6 Å². The van der Waals surface area contributed by atoms with Crippen LogP contribution in [0.2, 0.25) is 0 Å². The van der Waals surface area contributed by atoms with Crippen molar-refractivity contribution >= 4 is 11.3 Å². The van der Waals surface area contributed by atoms with Crippen molar-refractivity contribution in [3.05, 3.63) is 72.1 Å². The lowest BCUT2D eigenvalue weighted by molar-refractivity contribution is 0.311. The Hall–Kier alpha value is -3.54. The highest BCUT2D eigenvalue weighted by atomic mass is 16.5. The Morgan fingerprint density at radius 3 is 2.76 bits per heavy atom. The van der Waals surface area contributed by atoms with Crippen LogP contribution in [0.1, 0.15) is 11.4 Å². The molecule has 0 spiro atoms. The highest BCUT2D eigenvalue weighted by molar-refractivity contribution is 5.64. The average molecular weight is 386 g/mol. The molecule has 1 aliphatic rings. The molecule has 0 N–H and O–H groups in total. The molecule has 0 aliphatic carbocycles. The van der Waals surface area contributed by atoms with E-state index in [1.165, 1.54) is 0 Å². The molecule has 0 amide bonds. The zero-order valence-electron chi connectivity index (χ0n) is 16.5. The number of aromatic nitrogens is 3. The first kappa shape index (κ1) is 17.6. The van der Waals surface area contributed by atoms with Gasteiger partial charge in [0.15, 0.2) is 11.5 Å². The molecule has 0 radical (unpaired) electrons. The second-order valence-electron chi connectivity index (χ2n) is 7.19. The highest BCUT2D eigenvalue weighted by Gasteiger charge is 2.16. The number of hydrogen-bond acceptors (Lipinski definition) is 5. The molecule has 0 atom stereocenters. The quantitative estimate of drug-likeness (QED) is 0.534. The summed E-state index contributed by atoms with van der Waals surface area (Å²) in [5, 5.41) is 4.78. The normalized spacial score (nSPS) is 13.2. The number of anilines is 1. The lowest BCUT2D eigenvalue weighted by atomic mass is 10.1. The van der Waals surface area contributed by atoms with Crippen molar-refractivity contribution in [1.82, 2.24) is 14.6 Å². The first-order chi connectivity index (χ1) is 14.2. The van der Waals surface area contributed by atoms with Crippen molar-refractivity contribution in [3.8, 4) is 22.8 Å². The molecule has 0 fully saturated rings. The fourth-order valence-corrected chi connectivity index (χ4v) is 3.70. The number of methoxy groups -OCH3 is 1. The van der Waals surface area contributed by atoms with E-state index in [2.05, 4.69) is 36.2 Å². The maximum absolute atomic E-state index is 5.83. The van der Waals surface area contributed by atoms with Crippen LogP contribution in [0.5, 0.6) is 11.5 Å². The molecule has 0 saturated heterocycles. The number of pyridine rings is 1. The van der Waals surface area contributed by atoms with Gasteiger partial charge in [-0.25, -0.2) is 9.50 Å². The van der Waals surface area contributed by atoms with E-state index in [0.717, 1.165) is 52.0 Å². The van der Waals surface area contributed by atoms with Gasteiger partial charge in [0, 0.05) is 19.0 Å². The van der Waals surface area contributed by atoms with Crippen LogP contribution >= 0.6 is 0 Å². The second-order valence-corrected chi connectivity index (χ2v) is 7.19. The smallest absolute Gasteiger partial charge is 0.156 e. The molecule has 6 heteroatoms. The molecule has 5 rings (SSSR count). The van der Waals surface area contributed by atoms with Gasteiger partial charge in [-0.15, -0.1) is 0 Å². The number of hydrogen-bond donors (Lipinski definition) is 0. The standard InChI is InChI=1S/C23H22N4O2/c1-26-12-13-29-21-14-16(6-11-20(21)26)15-22-24-23-5-3-4-19(27(23)25-22)17-7-9-18(28-2)10-8-17/h3-11,14H,12-13,15H2,1-2H3. The topological polar surface area (TPSA) is 51.9 Å². The highest BCUT2D eigenvalue weighted by Crippen LogP contribution is 2.32. The van der Waals surface area contributed by atoms with Gasteiger partial charge in [0.1, 0.15) is 18.1 Å². The molecule has 146 valence electrons. The summed E-state index contributed by atoms with van der Waals surface area (Å²) in [6, 6.07) is 20.4. The lowest BCUT2D eigenvalue weighted by Gasteiger charge is -2.27. The SMILES string of the molecule is COc1ccc(-c2cccc3nc(Cc4ccc5c(c4)OCCN5C)nn23)cc1. The van der Waals surface area contributed by atoms with Crippen LogP contribution < -0.4 is 14.4 Å². The molecule has 0 bridgehead atoms. The maximum Gasteiger partial charge on any atom is 0.156 e. The zero-order chi connectivity index (χ0) is 19.8. The number of nitrogens with zero attached hydrogens (tertiary/aromatic N) is 4. The van der Waals surface area contributed by atoms with Gasteiger partial charge in [-0.05, 0) is 54.1 Å². The minimum atomic E-state index is 0.657. The predicted molar refractivity (Wildman–Crippen MR) is 113 cm³/mol. The van der Waals surface area contributed by atoms with Crippen molar-refractivity contribution in [2.45, 2.75) is 6.42 Å². The summed E-state index contributed by atoms with van der Waals surface area (Å²) < 4.78 is 13.0. The third kappa shape index (κ3) is 3.27. The number of ether oxygens (including phenoxy) is 2. The van der Waals surface area contributed by atoms with E-state index < -0.39 is 0 Å². The Morgan fingerprint density at radius 2 is 1.93 bits per heavy atom. The molecular weight excluding hydrogens is 364 g/mol. The Balaban J connectivity index is 1.47. The van der Waals surface area contributed by atoms with Crippen LogP contribution in [0.25, 0.3) is 16.9 Å². The molecule has 0 saturated carbocycles. The van der Waals surface area contributed by atoms with E-state index in [1.807, 2.05) is 40.9 Å². The summed E-state index contributed by atoms with van der Waals surface area (Å²) in [6.45, 7) is 1.62. The number of rotatable bonds is 4. The molecule has 4 aromatic rings. The number of fused-ring (bicyclic) bond motifs is 2. The van der Waals surface area contributed by atoms with Crippen LogP contribution in [0.4, 0.5) is 5.69 Å². The summed E-state index contributed by atoms with van der Waals surface area (Å²) in [7, 11) is 3.76. The van der Waals surface area contributed by atoms with Gasteiger partial charge in [0.25, 0.3) is 0 Å². The number of likely N-dealkylation sites (N-methyl/N-ethyl adjacent to an activating group) is 1. The van der Waals surface area contributed by atoms with Crippen LogP contribution in [0, 0.1) is 0 Å². The molecule has 1 aliphatic heterocycles. The largest absolute Gasteiger partial charge is 0.497 e. The Bertz CT molecular complexity index is 1170.